The zero-order valence-electron chi connectivity index (χ0n) is 14.5. The molecule has 5 nitrogen and oxygen atoms in total. The fourth-order valence-electron chi connectivity index (χ4n) is 3.29. The Labute approximate surface area is 152 Å². The number of anilines is 3. The average Bonchev–Trinajstić information content (AvgIpc) is 3.12. The van der Waals surface area contributed by atoms with Crippen LogP contribution in [-0.2, 0) is 6.42 Å². The van der Waals surface area contributed by atoms with Crippen LogP contribution < -0.4 is 15.0 Å². The van der Waals surface area contributed by atoms with E-state index in [1.54, 1.807) is 25.4 Å². The van der Waals surface area contributed by atoms with Crippen LogP contribution in [0.5, 0.6) is 5.75 Å². The van der Waals surface area contributed by atoms with Crippen LogP contribution in [0.25, 0.3) is 0 Å². The molecule has 0 saturated carbocycles. The van der Waals surface area contributed by atoms with E-state index in [0.29, 0.717) is 22.8 Å². The quantitative estimate of drug-likeness (QED) is 0.775. The summed E-state index contributed by atoms with van der Waals surface area (Å²) in [7, 11) is 1.58. The number of para-hydroxylation sites is 3. The molecule has 26 heavy (non-hydrogen) atoms. The zero-order chi connectivity index (χ0) is 17.9. The van der Waals surface area contributed by atoms with Crippen molar-refractivity contribution in [3.05, 3.63) is 78.0 Å². The van der Waals surface area contributed by atoms with Crippen molar-refractivity contribution in [2.75, 3.05) is 23.9 Å². The van der Waals surface area contributed by atoms with E-state index in [-0.39, 0.29) is 5.91 Å². The number of fused-ring (bicyclic) bond motifs is 1. The first kappa shape index (κ1) is 16.1. The monoisotopic (exact) mass is 345 g/mol. The second kappa shape index (κ2) is 6.88. The number of ether oxygens (including phenoxy) is 1. The van der Waals surface area contributed by atoms with Crippen molar-refractivity contribution in [2.24, 2.45) is 0 Å². The highest BCUT2D eigenvalue weighted by Gasteiger charge is 2.25. The van der Waals surface area contributed by atoms with Crippen LogP contribution in [0.4, 0.5) is 17.2 Å². The number of benzene rings is 2. The zero-order valence-corrected chi connectivity index (χ0v) is 14.5. The second-order valence-corrected chi connectivity index (χ2v) is 6.06. The van der Waals surface area contributed by atoms with Crippen LogP contribution in [-0.4, -0.2) is 24.5 Å². The molecule has 2 aromatic carbocycles. The maximum Gasteiger partial charge on any atom is 0.259 e. The molecule has 1 N–H and O–H groups in total. The summed E-state index contributed by atoms with van der Waals surface area (Å²) in [6.45, 7) is 0.811. The van der Waals surface area contributed by atoms with E-state index in [0.717, 1.165) is 18.7 Å². The van der Waals surface area contributed by atoms with E-state index in [1.807, 2.05) is 36.4 Å². The largest absolute Gasteiger partial charge is 0.495 e. The van der Waals surface area contributed by atoms with Crippen molar-refractivity contribution < 1.29 is 9.53 Å². The molecule has 0 saturated heterocycles. The Morgan fingerprint density at radius 3 is 2.77 bits per heavy atom. The molecule has 1 aromatic heterocycles. The van der Waals surface area contributed by atoms with Gasteiger partial charge in [-0.25, -0.2) is 4.98 Å². The van der Waals surface area contributed by atoms with Gasteiger partial charge < -0.3 is 15.0 Å². The molecule has 1 amide bonds. The Bertz CT molecular complexity index is 955. The number of pyridine rings is 1. The predicted octanol–water partition coefficient (Wildman–Crippen LogP) is 4.04. The van der Waals surface area contributed by atoms with Crippen LogP contribution >= 0.6 is 0 Å². The van der Waals surface area contributed by atoms with Gasteiger partial charge in [-0.05, 0) is 42.3 Å². The SMILES string of the molecule is COc1ccccc1NC(=O)c1cccnc1N1CCc2ccccc21. The summed E-state index contributed by atoms with van der Waals surface area (Å²) in [6, 6.07) is 19.2. The highest BCUT2D eigenvalue weighted by Crippen LogP contribution is 2.35. The maximum absolute atomic E-state index is 12.9. The lowest BCUT2D eigenvalue weighted by Crippen LogP contribution is -2.21. The van der Waals surface area contributed by atoms with Gasteiger partial charge in [-0.2, -0.15) is 0 Å². The van der Waals surface area contributed by atoms with Crippen LogP contribution in [0.1, 0.15) is 15.9 Å². The molecule has 130 valence electrons. The number of amides is 1. The molecule has 0 unspecified atom stereocenters. The highest BCUT2D eigenvalue weighted by atomic mass is 16.5. The third-order valence-corrected chi connectivity index (χ3v) is 4.53. The van der Waals surface area contributed by atoms with Crippen molar-refractivity contribution in [3.63, 3.8) is 0 Å². The van der Waals surface area contributed by atoms with Gasteiger partial charge in [-0.3, -0.25) is 4.79 Å². The molecule has 0 fully saturated rings. The number of rotatable bonds is 4. The number of hydrogen-bond donors (Lipinski definition) is 1. The third-order valence-electron chi connectivity index (χ3n) is 4.53. The van der Waals surface area contributed by atoms with Crippen molar-refractivity contribution in [1.82, 2.24) is 4.98 Å². The molecule has 1 aliphatic rings. The molecule has 3 aromatic rings. The molecule has 0 bridgehead atoms. The number of carbonyl (C=O) groups is 1. The van der Waals surface area contributed by atoms with E-state index in [4.69, 9.17) is 4.74 Å². The van der Waals surface area contributed by atoms with E-state index in [1.165, 1.54) is 5.56 Å². The van der Waals surface area contributed by atoms with E-state index < -0.39 is 0 Å². The number of carbonyl (C=O) groups excluding carboxylic acids is 1. The first-order valence-electron chi connectivity index (χ1n) is 8.53. The van der Waals surface area contributed by atoms with Gasteiger partial charge in [0.1, 0.15) is 11.6 Å². The molecule has 4 rings (SSSR count). The van der Waals surface area contributed by atoms with Crippen LogP contribution in [0, 0.1) is 0 Å². The Morgan fingerprint density at radius 2 is 1.88 bits per heavy atom. The van der Waals surface area contributed by atoms with Crippen LogP contribution in [0.2, 0.25) is 0 Å². The van der Waals surface area contributed by atoms with Gasteiger partial charge in [0.05, 0.1) is 18.4 Å². The Hall–Kier alpha value is -3.34. The summed E-state index contributed by atoms with van der Waals surface area (Å²) in [5.41, 5.74) is 3.55. The smallest absolute Gasteiger partial charge is 0.259 e. The highest BCUT2D eigenvalue weighted by molar-refractivity contribution is 6.08. The number of nitrogens with zero attached hydrogens (tertiary/aromatic N) is 2. The summed E-state index contributed by atoms with van der Waals surface area (Å²) < 4.78 is 5.32. The molecule has 1 aliphatic heterocycles. The lowest BCUT2D eigenvalue weighted by Gasteiger charge is -2.21. The minimum absolute atomic E-state index is 0.206. The normalized spacial score (nSPS) is 12.6. The fraction of sp³-hybridized carbons (Fsp3) is 0.143. The van der Waals surface area contributed by atoms with Crippen molar-refractivity contribution in [3.8, 4) is 5.75 Å². The number of nitrogens with one attached hydrogen (secondary N) is 1. The summed E-state index contributed by atoms with van der Waals surface area (Å²) in [5, 5.41) is 2.93. The van der Waals surface area contributed by atoms with Gasteiger partial charge in [0.15, 0.2) is 0 Å². The fourth-order valence-corrected chi connectivity index (χ4v) is 3.29. The summed E-state index contributed by atoms with van der Waals surface area (Å²) in [6.07, 6.45) is 2.66. The van der Waals surface area contributed by atoms with Crippen molar-refractivity contribution >= 4 is 23.1 Å². The van der Waals surface area contributed by atoms with E-state index >= 15 is 0 Å². The first-order chi connectivity index (χ1) is 12.8. The second-order valence-electron chi connectivity index (χ2n) is 6.06. The topological polar surface area (TPSA) is 54.5 Å². The number of hydrogen-bond acceptors (Lipinski definition) is 4. The van der Waals surface area contributed by atoms with Gasteiger partial charge in [-0.1, -0.05) is 30.3 Å². The molecule has 0 spiro atoms. The summed E-state index contributed by atoms with van der Waals surface area (Å²) in [4.78, 5) is 19.5. The van der Waals surface area contributed by atoms with Crippen molar-refractivity contribution in [1.29, 1.82) is 0 Å². The standard InChI is InChI=1S/C21H19N3O2/c1-26-19-11-5-3-9-17(19)23-21(25)16-8-6-13-22-20(16)24-14-12-15-7-2-4-10-18(15)24/h2-11,13H,12,14H2,1H3,(H,23,25). The van der Waals surface area contributed by atoms with Gasteiger partial charge >= 0.3 is 0 Å². The van der Waals surface area contributed by atoms with Crippen LogP contribution in [0.15, 0.2) is 66.9 Å². The molecule has 0 aliphatic carbocycles. The molecule has 5 heteroatoms. The van der Waals surface area contributed by atoms with Gasteiger partial charge in [0.2, 0.25) is 0 Å². The first-order valence-corrected chi connectivity index (χ1v) is 8.53. The summed E-state index contributed by atoms with van der Waals surface area (Å²) >= 11 is 0. The average molecular weight is 345 g/mol. The van der Waals surface area contributed by atoms with Crippen molar-refractivity contribution in [2.45, 2.75) is 6.42 Å². The minimum Gasteiger partial charge on any atom is -0.495 e. The Kier molecular flexibility index (Phi) is 4.27. The molecular weight excluding hydrogens is 326 g/mol. The van der Waals surface area contributed by atoms with Gasteiger partial charge in [0.25, 0.3) is 5.91 Å². The lowest BCUT2D eigenvalue weighted by atomic mass is 10.1. The molecule has 0 radical (unpaired) electrons. The van der Waals surface area contributed by atoms with E-state index in [9.17, 15) is 4.79 Å². The van der Waals surface area contributed by atoms with Crippen LogP contribution in [0.3, 0.4) is 0 Å². The Balaban J connectivity index is 1.67. The third kappa shape index (κ3) is 2.88. The van der Waals surface area contributed by atoms with Gasteiger partial charge in [-0.15, -0.1) is 0 Å². The van der Waals surface area contributed by atoms with E-state index in [2.05, 4.69) is 27.3 Å². The minimum atomic E-state index is -0.206. The van der Waals surface area contributed by atoms with Gasteiger partial charge in [0, 0.05) is 18.4 Å². The molecular formula is C21H19N3O2. The lowest BCUT2D eigenvalue weighted by molar-refractivity contribution is 0.102. The molecule has 0 atom stereocenters. The maximum atomic E-state index is 12.9. The number of aromatic nitrogens is 1. The Morgan fingerprint density at radius 1 is 1.08 bits per heavy atom. The predicted molar refractivity (Wildman–Crippen MR) is 102 cm³/mol. The molecule has 2 heterocycles. The summed E-state index contributed by atoms with van der Waals surface area (Å²) in [5.74, 6) is 1.09. The number of methoxy groups -OCH3 is 1.